The van der Waals surface area contributed by atoms with Gasteiger partial charge in [-0.1, -0.05) is 11.6 Å². The maximum absolute atomic E-state index is 14.5. The molecule has 1 aliphatic heterocycles. The smallest absolute Gasteiger partial charge is 0.351 e. The lowest BCUT2D eigenvalue weighted by Crippen LogP contribution is -2.53. The van der Waals surface area contributed by atoms with Crippen LogP contribution in [0.1, 0.15) is 24.0 Å². The van der Waals surface area contributed by atoms with Crippen LogP contribution in [0, 0.1) is 0 Å². The van der Waals surface area contributed by atoms with Crippen molar-refractivity contribution in [2.75, 3.05) is 11.9 Å². The van der Waals surface area contributed by atoms with Crippen molar-refractivity contribution < 1.29 is 13.2 Å². The van der Waals surface area contributed by atoms with E-state index >= 15 is 0 Å². The molecule has 132 valence electrons. The second-order valence-electron chi connectivity index (χ2n) is 6.47. The summed E-state index contributed by atoms with van der Waals surface area (Å²) in [6.45, 7) is -0.341. The first-order chi connectivity index (χ1) is 11.8. The molecular formula is C17H15ClF3N3O. The molecule has 0 radical (unpaired) electrons. The Balaban J connectivity index is 2.01. The number of hydrogen-bond donors (Lipinski definition) is 3. The van der Waals surface area contributed by atoms with Gasteiger partial charge in [-0.25, -0.2) is 0 Å². The minimum absolute atomic E-state index is 0.0266. The van der Waals surface area contributed by atoms with Crippen molar-refractivity contribution in [3.63, 3.8) is 0 Å². The molecule has 2 heterocycles. The van der Waals surface area contributed by atoms with E-state index in [2.05, 4.69) is 15.6 Å². The van der Waals surface area contributed by atoms with Crippen LogP contribution in [0.2, 0.25) is 5.02 Å². The number of halogens is 4. The van der Waals surface area contributed by atoms with Gasteiger partial charge in [0.1, 0.15) is 11.1 Å². The fourth-order valence-electron chi connectivity index (χ4n) is 3.40. The lowest BCUT2D eigenvalue weighted by molar-refractivity contribution is -0.177. The summed E-state index contributed by atoms with van der Waals surface area (Å²) in [5.74, 6) is 0. The van der Waals surface area contributed by atoms with Gasteiger partial charge in [-0.05, 0) is 42.7 Å². The van der Waals surface area contributed by atoms with Crippen molar-refractivity contribution in [2.24, 2.45) is 0 Å². The molecule has 1 aliphatic carbocycles. The number of pyridine rings is 1. The Labute approximate surface area is 146 Å². The number of aromatic amines is 1. The van der Waals surface area contributed by atoms with Crippen LogP contribution in [0.4, 0.5) is 24.5 Å². The number of anilines is 2. The highest BCUT2D eigenvalue weighted by Gasteiger charge is 2.60. The fraction of sp³-hybridized carbons (Fsp3) is 0.353. The molecule has 0 amide bonds. The van der Waals surface area contributed by atoms with E-state index in [1.165, 1.54) is 30.5 Å². The molecule has 0 saturated heterocycles. The van der Waals surface area contributed by atoms with Gasteiger partial charge in [0.2, 0.25) is 0 Å². The average molecular weight is 370 g/mol. The van der Waals surface area contributed by atoms with Crippen molar-refractivity contribution in [2.45, 2.75) is 30.5 Å². The SMILES string of the molecule is O=c1[nH]ccc2c1Nc1ccc(Cl)cc1C2(CNC1CC1)C(F)(F)F. The van der Waals surface area contributed by atoms with Gasteiger partial charge >= 0.3 is 6.18 Å². The number of benzene rings is 1. The minimum Gasteiger partial charge on any atom is -0.351 e. The molecule has 1 atom stereocenters. The second-order valence-corrected chi connectivity index (χ2v) is 6.91. The first kappa shape index (κ1) is 16.5. The molecule has 1 aromatic heterocycles. The van der Waals surface area contributed by atoms with Crippen molar-refractivity contribution in [3.8, 4) is 0 Å². The Hall–Kier alpha value is -1.99. The predicted molar refractivity (Wildman–Crippen MR) is 89.7 cm³/mol. The summed E-state index contributed by atoms with van der Waals surface area (Å²) in [7, 11) is 0. The second kappa shape index (κ2) is 5.51. The van der Waals surface area contributed by atoms with Crippen LogP contribution in [0.15, 0.2) is 35.3 Å². The quantitative estimate of drug-likeness (QED) is 0.773. The van der Waals surface area contributed by atoms with Gasteiger partial charge < -0.3 is 15.6 Å². The first-order valence-corrected chi connectivity index (χ1v) is 8.30. The Morgan fingerprint density at radius 2 is 2.00 bits per heavy atom. The molecule has 8 heteroatoms. The Kier molecular flexibility index (Phi) is 3.63. The number of fused-ring (bicyclic) bond motifs is 2. The van der Waals surface area contributed by atoms with E-state index in [1.54, 1.807) is 0 Å². The van der Waals surface area contributed by atoms with Gasteiger partial charge in [0.25, 0.3) is 5.56 Å². The number of aromatic nitrogens is 1. The number of nitrogens with one attached hydrogen (secondary N) is 3. The number of rotatable bonds is 3. The first-order valence-electron chi connectivity index (χ1n) is 7.92. The van der Waals surface area contributed by atoms with Gasteiger partial charge in [0.15, 0.2) is 0 Å². The number of alkyl halides is 3. The normalized spacial score (nSPS) is 22.1. The lowest BCUT2D eigenvalue weighted by atomic mass is 9.70. The van der Waals surface area contributed by atoms with Crippen LogP contribution in [-0.2, 0) is 5.41 Å². The van der Waals surface area contributed by atoms with Crippen LogP contribution < -0.4 is 16.2 Å². The molecule has 1 unspecified atom stereocenters. The van der Waals surface area contributed by atoms with E-state index in [-0.39, 0.29) is 40.1 Å². The van der Waals surface area contributed by atoms with E-state index in [1.807, 2.05) is 0 Å². The summed E-state index contributed by atoms with van der Waals surface area (Å²) in [4.78, 5) is 14.6. The van der Waals surface area contributed by atoms with Crippen molar-refractivity contribution in [1.82, 2.24) is 10.3 Å². The third kappa shape index (κ3) is 2.53. The molecule has 3 N–H and O–H groups in total. The summed E-state index contributed by atoms with van der Waals surface area (Å²) in [5.41, 5.74) is -2.83. The topological polar surface area (TPSA) is 56.9 Å². The zero-order chi connectivity index (χ0) is 17.8. The van der Waals surface area contributed by atoms with Gasteiger partial charge in [-0.2, -0.15) is 13.2 Å². The Bertz CT molecular complexity index is 891. The zero-order valence-electron chi connectivity index (χ0n) is 13.0. The standard InChI is InChI=1S/C17H15ClF3N3O/c18-9-1-4-13-12(7-9)16(17(19,20)21,8-23-10-2-3-10)11-5-6-22-15(25)14(11)24-13/h1,4-7,10,23-24H,2-3,8H2,(H,22,25). The number of H-pyrrole nitrogens is 1. The highest BCUT2D eigenvalue weighted by atomic mass is 35.5. The van der Waals surface area contributed by atoms with Crippen LogP contribution in [0.3, 0.4) is 0 Å². The predicted octanol–water partition coefficient (Wildman–Crippen LogP) is 3.69. The van der Waals surface area contributed by atoms with Crippen LogP contribution in [0.25, 0.3) is 0 Å². The average Bonchev–Trinajstić information content (AvgIpc) is 3.36. The molecule has 2 aliphatic rings. The third-order valence-corrected chi connectivity index (χ3v) is 5.07. The molecule has 4 rings (SSSR count). The molecule has 1 saturated carbocycles. The minimum atomic E-state index is -4.61. The van der Waals surface area contributed by atoms with Crippen LogP contribution in [-0.4, -0.2) is 23.7 Å². The molecule has 4 nitrogen and oxygen atoms in total. The largest absolute Gasteiger partial charge is 0.403 e. The molecule has 1 fully saturated rings. The molecule has 1 aromatic carbocycles. The van der Waals surface area contributed by atoms with Gasteiger partial charge in [0, 0.05) is 35.1 Å². The number of hydrogen-bond acceptors (Lipinski definition) is 3. The van der Waals surface area contributed by atoms with Gasteiger partial charge in [0.05, 0.1) is 0 Å². The van der Waals surface area contributed by atoms with E-state index < -0.39 is 17.2 Å². The lowest BCUT2D eigenvalue weighted by Gasteiger charge is -2.42. The third-order valence-electron chi connectivity index (χ3n) is 4.84. The maximum Gasteiger partial charge on any atom is 0.403 e. The van der Waals surface area contributed by atoms with Crippen LogP contribution >= 0.6 is 11.6 Å². The summed E-state index contributed by atoms with van der Waals surface area (Å²) in [5, 5.41) is 6.04. The van der Waals surface area contributed by atoms with Crippen LogP contribution in [0.5, 0.6) is 0 Å². The summed E-state index contributed by atoms with van der Waals surface area (Å²) >= 11 is 6.00. The van der Waals surface area contributed by atoms with Gasteiger partial charge in [-0.3, -0.25) is 4.79 Å². The van der Waals surface area contributed by atoms with Crippen molar-refractivity contribution >= 4 is 23.0 Å². The summed E-state index contributed by atoms with van der Waals surface area (Å²) in [6, 6.07) is 5.71. The van der Waals surface area contributed by atoms with Crippen molar-refractivity contribution in [3.05, 3.63) is 57.0 Å². The van der Waals surface area contributed by atoms with E-state index in [0.717, 1.165) is 12.8 Å². The van der Waals surface area contributed by atoms with Gasteiger partial charge in [-0.15, -0.1) is 0 Å². The summed E-state index contributed by atoms with van der Waals surface area (Å²) in [6.07, 6.45) is -1.65. The fourth-order valence-corrected chi connectivity index (χ4v) is 3.57. The highest BCUT2D eigenvalue weighted by Crippen LogP contribution is 2.53. The Morgan fingerprint density at radius 3 is 2.68 bits per heavy atom. The molecule has 25 heavy (non-hydrogen) atoms. The van der Waals surface area contributed by atoms with E-state index in [4.69, 9.17) is 11.6 Å². The molecular weight excluding hydrogens is 355 g/mol. The molecule has 0 spiro atoms. The monoisotopic (exact) mass is 369 g/mol. The van der Waals surface area contributed by atoms with Crippen molar-refractivity contribution in [1.29, 1.82) is 0 Å². The summed E-state index contributed by atoms with van der Waals surface area (Å²) < 4.78 is 43.4. The molecule has 0 bridgehead atoms. The Morgan fingerprint density at radius 1 is 1.24 bits per heavy atom. The maximum atomic E-state index is 14.5. The molecule has 2 aromatic rings. The van der Waals surface area contributed by atoms with E-state index in [0.29, 0.717) is 0 Å². The zero-order valence-corrected chi connectivity index (χ0v) is 13.8. The highest BCUT2D eigenvalue weighted by molar-refractivity contribution is 6.30. The van der Waals surface area contributed by atoms with E-state index in [9.17, 15) is 18.0 Å².